The zero-order chi connectivity index (χ0) is 21.2. The Morgan fingerprint density at radius 2 is 2.00 bits per heavy atom. The number of carbonyl (C=O) groups excluding carboxylic acids is 1. The number of aromatic nitrogens is 2. The minimum atomic E-state index is -5.14. The molecule has 2 unspecified atom stereocenters. The van der Waals surface area contributed by atoms with Gasteiger partial charge in [0, 0.05) is 36.6 Å². The first-order chi connectivity index (χ1) is 13.5. The van der Waals surface area contributed by atoms with Crippen LogP contribution in [0.4, 0.5) is 23.2 Å². The van der Waals surface area contributed by atoms with Crippen LogP contribution in [0.2, 0.25) is 0 Å². The lowest BCUT2D eigenvalue weighted by atomic mass is 9.61. The second kappa shape index (κ2) is 6.29. The lowest BCUT2D eigenvalue weighted by Gasteiger charge is -2.51. The van der Waals surface area contributed by atoms with Crippen LogP contribution in [-0.4, -0.2) is 33.3 Å². The van der Waals surface area contributed by atoms with Crippen molar-refractivity contribution in [3.8, 4) is 0 Å². The monoisotopic (exact) mass is 411 g/mol. The second-order valence-electron chi connectivity index (χ2n) is 7.95. The van der Waals surface area contributed by atoms with Crippen molar-refractivity contribution in [2.45, 2.75) is 50.1 Å². The van der Waals surface area contributed by atoms with E-state index in [9.17, 15) is 23.1 Å². The number of anilines is 1. The normalized spacial score (nSPS) is 26.4. The zero-order valence-corrected chi connectivity index (χ0v) is 16.1. The van der Waals surface area contributed by atoms with Crippen molar-refractivity contribution in [1.82, 2.24) is 9.55 Å². The molecular weight excluding hydrogens is 390 g/mol. The Morgan fingerprint density at radius 1 is 1.28 bits per heavy atom. The maximum absolute atomic E-state index is 15.0. The van der Waals surface area contributed by atoms with E-state index in [1.54, 1.807) is 24.1 Å². The molecule has 0 saturated carbocycles. The topological polar surface area (TPSA) is 58.4 Å². The highest BCUT2D eigenvalue weighted by Crippen LogP contribution is 2.63. The van der Waals surface area contributed by atoms with E-state index in [2.05, 4.69) is 4.98 Å². The molecule has 0 radical (unpaired) electrons. The quantitative estimate of drug-likeness (QED) is 0.772. The fraction of sp³-hybridized carbons (Fsp3) is 0.500. The third kappa shape index (κ3) is 2.78. The molecule has 0 saturated heterocycles. The van der Waals surface area contributed by atoms with E-state index in [1.165, 1.54) is 17.0 Å². The molecule has 2 heterocycles. The number of rotatable bonds is 2. The summed E-state index contributed by atoms with van der Waals surface area (Å²) in [6, 6.07) is 2.51. The van der Waals surface area contributed by atoms with Crippen molar-refractivity contribution in [3.05, 3.63) is 47.0 Å². The first-order valence-electron chi connectivity index (χ1n) is 9.40. The van der Waals surface area contributed by atoms with Crippen LogP contribution in [0.5, 0.6) is 0 Å². The molecule has 4 rings (SSSR count). The van der Waals surface area contributed by atoms with Crippen LogP contribution in [0, 0.1) is 0 Å². The van der Waals surface area contributed by atoms with Gasteiger partial charge in [-0.1, -0.05) is 0 Å². The number of imidazole rings is 1. The fourth-order valence-corrected chi connectivity index (χ4v) is 4.35. The highest BCUT2D eigenvalue weighted by Gasteiger charge is 2.74. The Hall–Kier alpha value is -2.42. The van der Waals surface area contributed by atoms with Crippen LogP contribution in [-0.2, 0) is 36.0 Å². The molecule has 1 aliphatic heterocycles. The number of nitrogens with zero attached hydrogens (tertiary/aromatic N) is 3. The number of amides is 1. The Bertz CT molecular complexity index is 983. The smallest absolute Gasteiger partial charge is 0.374 e. The average molecular weight is 411 g/mol. The summed E-state index contributed by atoms with van der Waals surface area (Å²) in [5.74, 6) is -0.252. The van der Waals surface area contributed by atoms with Gasteiger partial charge in [0.05, 0.1) is 18.4 Å². The molecule has 1 amide bonds. The van der Waals surface area contributed by atoms with Gasteiger partial charge in [-0.2, -0.15) is 13.2 Å². The standard InChI is InChI=1S/C20H21F4N3O2/c1-18(21)14-9-16-12(7-15(14)19(18,29)20(22,23)24)5-3-4-6-27(16)17(28)8-13-10-26(2)11-25-13/h7,9-11,29H,3-6,8H2,1-2H3. The maximum Gasteiger partial charge on any atom is 0.425 e. The molecule has 2 aromatic rings. The molecule has 29 heavy (non-hydrogen) atoms. The van der Waals surface area contributed by atoms with E-state index in [4.69, 9.17) is 0 Å². The summed E-state index contributed by atoms with van der Waals surface area (Å²) in [7, 11) is 1.78. The number of halogens is 4. The van der Waals surface area contributed by atoms with Crippen molar-refractivity contribution in [1.29, 1.82) is 0 Å². The van der Waals surface area contributed by atoms with E-state index in [0.29, 0.717) is 42.8 Å². The molecule has 1 aromatic carbocycles. The molecule has 0 spiro atoms. The van der Waals surface area contributed by atoms with Crippen molar-refractivity contribution >= 4 is 11.6 Å². The highest BCUT2D eigenvalue weighted by atomic mass is 19.4. The van der Waals surface area contributed by atoms with Gasteiger partial charge in [0.2, 0.25) is 11.5 Å². The van der Waals surface area contributed by atoms with Crippen LogP contribution in [0.25, 0.3) is 0 Å². The van der Waals surface area contributed by atoms with Gasteiger partial charge >= 0.3 is 6.18 Å². The minimum absolute atomic E-state index is 0.0384. The minimum Gasteiger partial charge on any atom is -0.374 e. The number of fused-ring (bicyclic) bond motifs is 2. The van der Waals surface area contributed by atoms with Gasteiger partial charge in [-0.15, -0.1) is 0 Å². The predicted octanol–water partition coefficient (Wildman–Crippen LogP) is 3.28. The highest BCUT2D eigenvalue weighted by molar-refractivity contribution is 5.96. The van der Waals surface area contributed by atoms with Gasteiger partial charge in [0.1, 0.15) is 0 Å². The SMILES string of the molecule is Cn1cnc(CC(=O)N2CCCCc3cc4c(cc32)C(C)(F)C4(O)C(F)(F)F)c1. The number of benzene rings is 1. The molecule has 0 bridgehead atoms. The Labute approximate surface area is 165 Å². The summed E-state index contributed by atoms with van der Waals surface area (Å²) in [5.41, 5.74) is -5.73. The average Bonchev–Trinajstić information content (AvgIpc) is 2.92. The van der Waals surface area contributed by atoms with Gasteiger partial charge < -0.3 is 14.6 Å². The van der Waals surface area contributed by atoms with Gasteiger partial charge in [-0.3, -0.25) is 4.79 Å². The van der Waals surface area contributed by atoms with Gasteiger partial charge in [0.25, 0.3) is 0 Å². The lowest BCUT2D eigenvalue weighted by molar-refractivity contribution is -0.328. The first kappa shape index (κ1) is 19.9. The number of hydrogen-bond donors (Lipinski definition) is 1. The van der Waals surface area contributed by atoms with E-state index >= 15 is 4.39 Å². The van der Waals surface area contributed by atoms with Gasteiger partial charge in [-0.05, 0) is 43.9 Å². The van der Waals surface area contributed by atoms with Crippen molar-refractivity contribution in [3.63, 3.8) is 0 Å². The number of hydrogen-bond acceptors (Lipinski definition) is 3. The third-order valence-electron chi connectivity index (χ3n) is 5.96. The number of carbonyl (C=O) groups is 1. The second-order valence-corrected chi connectivity index (χ2v) is 7.95. The van der Waals surface area contributed by atoms with E-state index < -0.39 is 23.0 Å². The van der Waals surface area contributed by atoms with Crippen LogP contribution in [0.1, 0.15) is 42.1 Å². The summed E-state index contributed by atoms with van der Waals surface area (Å²) >= 11 is 0. The largest absolute Gasteiger partial charge is 0.425 e. The van der Waals surface area contributed by atoms with Gasteiger partial charge in [-0.25, -0.2) is 9.37 Å². The summed E-state index contributed by atoms with van der Waals surface area (Å²) in [6.45, 7) is 1.12. The molecule has 2 aliphatic rings. The van der Waals surface area contributed by atoms with Crippen molar-refractivity contribution < 1.29 is 27.5 Å². The van der Waals surface area contributed by atoms with E-state index in [-0.39, 0.29) is 17.9 Å². The molecule has 1 aromatic heterocycles. The van der Waals surface area contributed by atoms with E-state index in [0.717, 1.165) is 6.92 Å². The first-order valence-corrected chi connectivity index (χ1v) is 9.40. The summed E-state index contributed by atoms with van der Waals surface area (Å²) in [4.78, 5) is 18.5. The van der Waals surface area contributed by atoms with Crippen LogP contribution in [0.3, 0.4) is 0 Å². The number of aliphatic hydroxyl groups is 1. The molecule has 1 aliphatic carbocycles. The molecule has 9 heteroatoms. The molecule has 0 fully saturated rings. The molecule has 156 valence electrons. The molecule has 5 nitrogen and oxygen atoms in total. The summed E-state index contributed by atoms with van der Waals surface area (Å²) < 4.78 is 57.1. The lowest BCUT2D eigenvalue weighted by Crippen LogP contribution is -2.62. The molecular formula is C20H21F4N3O2. The van der Waals surface area contributed by atoms with Crippen molar-refractivity contribution in [2.75, 3.05) is 11.4 Å². The molecule has 2 atom stereocenters. The zero-order valence-electron chi connectivity index (χ0n) is 16.1. The third-order valence-corrected chi connectivity index (χ3v) is 5.96. The number of alkyl halides is 4. The predicted molar refractivity (Wildman–Crippen MR) is 97.1 cm³/mol. The Morgan fingerprint density at radius 3 is 2.62 bits per heavy atom. The van der Waals surface area contributed by atoms with Crippen LogP contribution < -0.4 is 4.90 Å². The van der Waals surface area contributed by atoms with Gasteiger partial charge in [0.15, 0.2) is 5.67 Å². The van der Waals surface area contributed by atoms with Crippen molar-refractivity contribution in [2.24, 2.45) is 7.05 Å². The summed E-state index contributed by atoms with van der Waals surface area (Å²) in [6.07, 6.45) is -0.00852. The fourth-order valence-electron chi connectivity index (χ4n) is 4.35. The maximum atomic E-state index is 15.0. The molecule has 1 N–H and O–H groups in total. The van der Waals surface area contributed by atoms with E-state index in [1.807, 2.05) is 0 Å². The van der Waals surface area contributed by atoms with Crippen LogP contribution in [0.15, 0.2) is 24.7 Å². The Kier molecular flexibility index (Phi) is 4.31. The summed E-state index contributed by atoms with van der Waals surface area (Å²) in [5, 5.41) is 10.2. The Balaban J connectivity index is 1.75. The van der Waals surface area contributed by atoms with Crippen LogP contribution >= 0.6 is 0 Å². The number of aryl methyl sites for hydroxylation is 2.